The third-order valence-corrected chi connectivity index (χ3v) is 1.44. The van der Waals surface area contributed by atoms with Crippen molar-refractivity contribution in [3.8, 4) is 0 Å². The van der Waals surface area contributed by atoms with Gasteiger partial charge < -0.3 is 5.73 Å². The van der Waals surface area contributed by atoms with Gasteiger partial charge in [-0.1, -0.05) is 6.92 Å². The molecule has 0 heterocycles. The first-order chi connectivity index (χ1) is 5.85. The van der Waals surface area contributed by atoms with Crippen LogP contribution in [0.1, 0.15) is 40.5 Å². The second-order valence-corrected chi connectivity index (χ2v) is 4.11. The van der Waals surface area contributed by atoms with E-state index in [0.717, 1.165) is 6.42 Å². The molecule has 0 fully saturated rings. The standard InChI is InChI=1S/C9H20N2O2/c1-5-7(10)6-8(12)11-13-9(2,3)4/h7H,5-6,10H2,1-4H3,(H,11,12). The molecule has 0 spiro atoms. The van der Waals surface area contributed by atoms with Gasteiger partial charge in [0.25, 0.3) is 0 Å². The molecular formula is C9H20N2O2. The molecule has 0 radical (unpaired) electrons. The van der Waals surface area contributed by atoms with Crippen LogP contribution in [-0.2, 0) is 9.63 Å². The lowest BCUT2D eigenvalue weighted by Crippen LogP contribution is -2.36. The molecule has 0 saturated heterocycles. The van der Waals surface area contributed by atoms with Gasteiger partial charge in [0.15, 0.2) is 0 Å². The molecule has 4 heteroatoms. The van der Waals surface area contributed by atoms with E-state index in [2.05, 4.69) is 5.48 Å². The van der Waals surface area contributed by atoms with Crippen LogP contribution in [0.15, 0.2) is 0 Å². The molecule has 0 aliphatic rings. The van der Waals surface area contributed by atoms with E-state index in [1.165, 1.54) is 0 Å². The normalized spacial score (nSPS) is 13.9. The van der Waals surface area contributed by atoms with Gasteiger partial charge in [0, 0.05) is 12.5 Å². The van der Waals surface area contributed by atoms with E-state index in [-0.39, 0.29) is 17.6 Å². The van der Waals surface area contributed by atoms with E-state index in [1.807, 2.05) is 27.7 Å². The average molecular weight is 188 g/mol. The first kappa shape index (κ1) is 12.4. The Bertz CT molecular complexity index is 163. The molecule has 78 valence electrons. The zero-order valence-corrected chi connectivity index (χ0v) is 8.89. The molecule has 0 rings (SSSR count). The van der Waals surface area contributed by atoms with E-state index in [9.17, 15) is 4.79 Å². The van der Waals surface area contributed by atoms with Crippen molar-refractivity contribution < 1.29 is 9.63 Å². The summed E-state index contributed by atoms with van der Waals surface area (Å²) in [6.45, 7) is 7.55. The minimum absolute atomic E-state index is 0.0800. The monoisotopic (exact) mass is 188 g/mol. The molecule has 1 unspecified atom stereocenters. The Morgan fingerprint density at radius 3 is 2.46 bits per heavy atom. The lowest BCUT2D eigenvalue weighted by Gasteiger charge is -2.19. The molecule has 0 aromatic heterocycles. The second kappa shape index (κ2) is 5.19. The van der Waals surface area contributed by atoms with Crippen LogP contribution in [0.3, 0.4) is 0 Å². The minimum Gasteiger partial charge on any atom is -0.327 e. The molecule has 1 atom stereocenters. The maximum absolute atomic E-state index is 11.1. The molecule has 0 bridgehead atoms. The summed E-state index contributed by atoms with van der Waals surface area (Å²) in [5.41, 5.74) is 7.61. The van der Waals surface area contributed by atoms with E-state index in [0.29, 0.717) is 6.42 Å². The van der Waals surface area contributed by atoms with Crippen molar-refractivity contribution in [1.82, 2.24) is 5.48 Å². The Labute approximate surface area is 79.8 Å². The number of hydroxylamine groups is 1. The Morgan fingerprint density at radius 2 is 2.08 bits per heavy atom. The van der Waals surface area contributed by atoms with Crippen molar-refractivity contribution in [3.63, 3.8) is 0 Å². The predicted molar refractivity (Wildman–Crippen MR) is 51.9 cm³/mol. The fourth-order valence-corrected chi connectivity index (χ4v) is 0.634. The summed E-state index contributed by atoms with van der Waals surface area (Å²) in [5, 5.41) is 0. The second-order valence-electron chi connectivity index (χ2n) is 4.11. The van der Waals surface area contributed by atoms with Crippen LogP contribution < -0.4 is 11.2 Å². The number of rotatable bonds is 4. The fraction of sp³-hybridized carbons (Fsp3) is 0.889. The van der Waals surface area contributed by atoms with Crippen LogP contribution in [0.5, 0.6) is 0 Å². The Morgan fingerprint density at radius 1 is 1.54 bits per heavy atom. The average Bonchev–Trinajstić information content (AvgIpc) is 1.99. The number of nitrogens with two attached hydrogens (primary N) is 1. The number of amides is 1. The highest BCUT2D eigenvalue weighted by Crippen LogP contribution is 2.04. The van der Waals surface area contributed by atoms with Crippen LogP contribution in [0.25, 0.3) is 0 Å². The van der Waals surface area contributed by atoms with Gasteiger partial charge in [0.05, 0.1) is 5.60 Å². The molecule has 0 aromatic carbocycles. The van der Waals surface area contributed by atoms with Gasteiger partial charge >= 0.3 is 0 Å². The van der Waals surface area contributed by atoms with Gasteiger partial charge in [-0.3, -0.25) is 9.63 Å². The summed E-state index contributed by atoms with van der Waals surface area (Å²) in [6, 6.07) is -0.0800. The molecule has 13 heavy (non-hydrogen) atoms. The number of carbonyl (C=O) groups is 1. The van der Waals surface area contributed by atoms with Crippen molar-refractivity contribution in [1.29, 1.82) is 0 Å². The highest BCUT2D eigenvalue weighted by molar-refractivity contribution is 5.75. The highest BCUT2D eigenvalue weighted by Gasteiger charge is 2.13. The Hall–Kier alpha value is -0.610. The molecule has 1 amide bonds. The van der Waals surface area contributed by atoms with Gasteiger partial charge in [-0.25, -0.2) is 5.48 Å². The summed E-state index contributed by atoms with van der Waals surface area (Å²) in [6.07, 6.45) is 1.11. The van der Waals surface area contributed by atoms with Crippen LogP contribution in [-0.4, -0.2) is 17.6 Å². The molecule has 0 aromatic rings. The first-order valence-electron chi connectivity index (χ1n) is 4.57. The van der Waals surface area contributed by atoms with E-state index < -0.39 is 0 Å². The van der Waals surface area contributed by atoms with E-state index in [4.69, 9.17) is 10.6 Å². The number of hydrogen-bond acceptors (Lipinski definition) is 3. The SMILES string of the molecule is CCC(N)CC(=O)NOC(C)(C)C. The zero-order valence-electron chi connectivity index (χ0n) is 8.89. The Kier molecular flexibility index (Phi) is 4.95. The van der Waals surface area contributed by atoms with Gasteiger partial charge in [-0.15, -0.1) is 0 Å². The fourth-order valence-electron chi connectivity index (χ4n) is 0.634. The van der Waals surface area contributed by atoms with Crippen LogP contribution in [0.4, 0.5) is 0 Å². The van der Waals surface area contributed by atoms with Crippen LogP contribution >= 0.6 is 0 Å². The lowest BCUT2D eigenvalue weighted by molar-refractivity contribution is -0.145. The summed E-state index contributed by atoms with van der Waals surface area (Å²) in [7, 11) is 0. The quantitative estimate of drug-likeness (QED) is 0.646. The van der Waals surface area contributed by atoms with E-state index >= 15 is 0 Å². The largest absolute Gasteiger partial charge is 0.327 e. The van der Waals surface area contributed by atoms with Crippen LogP contribution in [0.2, 0.25) is 0 Å². The zero-order chi connectivity index (χ0) is 10.5. The van der Waals surface area contributed by atoms with Gasteiger partial charge in [0.2, 0.25) is 5.91 Å². The Balaban J connectivity index is 3.64. The number of hydrogen-bond donors (Lipinski definition) is 2. The van der Waals surface area contributed by atoms with Crippen molar-refractivity contribution in [2.75, 3.05) is 0 Å². The molecular weight excluding hydrogens is 168 g/mol. The predicted octanol–water partition coefficient (Wildman–Crippen LogP) is 0.960. The maximum atomic E-state index is 11.1. The van der Waals surface area contributed by atoms with Crippen molar-refractivity contribution in [3.05, 3.63) is 0 Å². The van der Waals surface area contributed by atoms with Crippen LogP contribution in [0, 0.1) is 0 Å². The lowest BCUT2D eigenvalue weighted by atomic mass is 10.2. The topological polar surface area (TPSA) is 64.4 Å². The van der Waals surface area contributed by atoms with Crippen molar-refractivity contribution in [2.45, 2.75) is 52.2 Å². The highest BCUT2D eigenvalue weighted by atomic mass is 16.7. The maximum Gasteiger partial charge on any atom is 0.245 e. The summed E-state index contributed by atoms with van der Waals surface area (Å²) in [4.78, 5) is 16.2. The molecule has 0 aliphatic carbocycles. The molecule has 0 saturated carbocycles. The smallest absolute Gasteiger partial charge is 0.245 e. The third-order valence-electron chi connectivity index (χ3n) is 1.44. The molecule has 0 aliphatic heterocycles. The first-order valence-corrected chi connectivity index (χ1v) is 4.57. The molecule has 3 N–H and O–H groups in total. The summed E-state index contributed by atoms with van der Waals surface area (Å²) >= 11 is 0. The molecule has 4 nitrogen and oxygen atoms in total. The van der Waals surface area contributed by atoms with Gasteiger partial charge in [0.1, 0.15) is 0 Å². The number of nitrogens with one attached hydrogen (secondary N) is 1. The van der Waals surface area contributed by atoms with E-state index in [1.54, 1.807) is 0 Å². The minimum atomic E-state index is -0.355. The van der Waals surface area contributed by atoms with Gasteiger partial charge in [-0.2, -0.15) is 0 Å². The van der Waals surface area contributed by atoms with Crippen molar-refractivity contribution in [2.24, 2.45) is 5.73 Å². The van der Waals surface area contributed by atoms with Gasteiger partial charge in [-0.05, 0) is 27.2 Å². The summed E-state index contributed by atoms with van der Waals surface area (Å²) in [5.74, 6) is -0.163. The third kappa shape index (κ3) is 7.74. The summed E-state index contributed by atoms with van der Waals surface area (Å²) < 4.78 is 0. The number of carbonyl (C=O) groups excluding carboxylic acids is 1. The van der Waals surface area contributed by atoms with Crippen molar-refractivity contribution >= 4 is 5.91 Å².